The van der Waals surface area contributed by atoms with Crippen molar-refractivity contribution in [2.75, 3.05) is 5.32 Å². The summed E-state index contributed by atoms with van der Waals surface area (Å²) in [4.78, 5) is 25.5. The van der Waals surface area contributed by atoms with Crippen LogP contribution < -0.4 is 10.6 Å². The van der Waals surface area contributed by atoms with E-state index in [1.54, 1.807) is 17.1 Å². The van der Waals surface area contributed by atoms with Crippen molar-refractivity contribution in [3.05, 3.63) is 71.6 Å². The molecule has 0 saturated carbocycles. The molecule has 1 amide bonds. The monoisotopic (exact) mass is 403 g/mol. The zero-order valence-electron chi connectivity index (χ0n) is 16.9. The summed E-state index contributed by atoms with van der Waals surface area (Å²) in [6.45, 7) is 4.28. The molecule has 9 heteroatoms. The van der Waals surface area contributed by atoms with Crippen LogP contribution in [0, 0.1) is 13.8 Å². The van der Waals surface area contributed by atoms with Crippen molar-refractivity contribution < 1.29 is 9.21 Å². The van der Waals surface area contributed by atoms with Gasteiger partial charge < -0.3 is 15.1 Å². The maximum absolute atomic E-state index is 12.4. The molecule has 0 aliphatic heterocycles. The van der Waals surface area contributed by atoms with Crippen LogP contribution in [0.3, 0.4) is 0 Å². The Morgan fingerprint density at radius 2 is 1.93 bits per heavy atom. The Labute approximate surface area is 173 Å². The first-order valence-electron chi connectivity index (χ1n) is 9.38. The Kier molecular flexibility index (Phi) is 5.25. The van der Waals surface area contributed by atoms with E-state index in [0.29, 0.717) is 23.9 Å². The topological polar surface area (TPSA) is 111 Å². The van der Waals surface area contributed by atoms with Crippen LogP contribution in [0.4, 0.5) is 11.8 Å². The number of nitrogens with one attached hydrogen (secondary N) is 2. The molecule has 0 saturated heterocycles. The summed E-state index contributed by atoms with van der Waals surface area (Å²) in [6.07, 6.45) is 4.79. The van der Waals surface area contributed by atoms with E-state index < -0.39 is 0 Å². The molecule has 4 rings (SSSR count). The summed E-state index contributed by atoms with van der Waals surface area (Å²) in [6, 6.07) is 9.75. The third kappa shape index (κ3) is 4.19. The fourth-order valence-corrected chi connectivity index (χ4v) is 2.82. The third-order valence-corrected chi connectivity index (χ3v) is 4.55. The molecule has 0 radical (unpaired) electrons. The van der Waals surface area contributed by atoms with Crippen molar-refractivity contribution in [3.8, 4) is 11.4 Å². The molecule has 0 aliphatic carbocycles. The van der Waals surface area contributed by atoms with Gasteiger partial charge in [0.25, 0.3) is 5.89 Å². The predicted molar refractivity (Wildman–Crippen MR) is 111 cm³/mol. The Bertz CT molecular complexity index is 1180. The van der Waals surface area contributed by atoms with Crippen LogP contribution in [-0.2, 0) is 13.6 Å². The average molecular weight is 403 g/mol. The molecule has 9 nitrogen and oxygen atoms in total. The van der Waals surface area contributed by atoms with E-state index in [0.717, 1.165) is 16.9 Å². The molecule has 0 atom stereocenters. The Balaban J connectivity index is 1.48. The van der Waals surface area contributed by atoms with Crippen molar-refractivity contribution >= 4 is 17.7 Å². The van der Waals surface area contributed by atoms with Crippen molar-refractivity contribution in [2.45, 2.75) is 20.4 Å². The van der Waals surface area contributed by atoms with Crippen LogP contribution in [-0.4, -0.2) is 30.6 Å². The van der Waals surface area contributed by atoms with Gasteiger partial charge in [-0.1, -0.05) is 29.8 Å². The molecule has 1 aromatic carbocycles. The van der Waals surface area contributed by atoms with Gasteiger partial charge >= 0.3 is 5.91 Å². The number of anilines is 2. The summed E-state index contributed by atoms with van der Waals surface area (Å²) in [5.74, 6) is 0.742. The number of amides is 1. The van der Waals surface area contributed by atoms with E-state index in [1.165, 1.54) is 11.8 Å². The number of rotatable bonds is 6. The molecule has 3 heterocycles. The lowest BCUT2D eigenvalue weighted by atomic mass is 10.1. The van der Waals surface area contributed by atoms with E-state index in [9.17, 15) is 4.79 Å². The third-order valence-electron chi connectivity index (χ3n) is 4.55. The molecule has 3 aromatic heterocycles. The van der Waals surface area contributed by atoms with Crippen molar-refractivity contribution in [3.63, 3.8) is 0 Å². The van der Waals surface area contributed by atoms with Gasteiger partial charge in [0, 0.05) is 25.9 Å². The molecule has 0 unspecified atom stereocenters. The van der Waals surface area contributed by atoms with Gasteiger partial charge in [-0.2, -0.15) is 5.10 Å². The second kappa shape index (κ2) is 8.16. The summed E-state index contributed by atoms with van der Waals surface area (Å²) in [5, 5.41) is 10.0. The van der Waals surface area contributed by atoms with Crippen molar-refractivity contribution in [2.24, 2.45) is 7.05 Å². The molecular weight excluding hydrogens is 382 g/mol. The molecule has 0 fully saturated rings. The summed E-state index contributed by atoms with van der Waals surface area (Å²) >= 11 is 0. The quantitative estimate of drug-likeness (QED) is 0.509. The Morgan fingerprint density at radius 3 is 2.67 bits per heavy atom. The highest BCUT2D eigenvalue weighted by atomic mass is 16.4. The molecule has 2 N–H and O–H groups in total. The fourth-order valence-electron chi connectivity index (χ4n) is 2.82. The smallest absolute Gasteiger partial charge is 0.307 e. The van der Waals surface area contributed by atoms with Crippen LogP contribution in [0.5, 0.6) is 0 Å². The Hall–Kier alpha value is -4.01. The second-order valence-electron chi connectivity index (χ2n) is 6.90. The molecule has 0 aliphatic rings. The van der Waals surface area contributed by atoms with Gasteiger partial charge in [-0.15, -0.1) is 0 Å². The molecule has 4 aromatic rings. The van der Waals surface area contributed by atoms with Crippen molar-refractivity contribution in [1.82, 2.24) is 30.0 Å². The van der Waals surface area contributed by atoms with Gasteiger partial charge in [0.05, 0.1) is 6.20 Å². The SMILES string of the molecule is Cc1ccc(CNC(=O)c2nc(-c3nc(Nc4ccnn4C)ncc3C)co2)cc1. The number of hydrogen-bond acceptors (Lipinski definition) is 7. The van der Waals surface area contributed by atoms with E-state index in [-0.39, 0.29) is 11.8 Å². The first kappa shape index (κ1) is 19.3. The van der Waals surface area contributed by atoms with Gasteiger partial charge in [-0.05, 0) is 25.0 Å². The Morgan fingerprint density at radius 1 is 1.13 bits per heavy atom. The first-order valence-corrected chi connectivity index (χ1v) is 9.38. The minimum absolute atomic E-state index is 0.0173. The molecule has 0 spiro atoms. The van der Waals surface area contributed by atoms with E-state index in [1.807, 2.05) is 51.2 Å². The van der Waals surface area contributed by atoms with Crippen LogP contribution >= 0.6 is 0 Å². The van der Waals surface area contributed by atoms with Gasteiger partial charge in [0.15, 0.2) is 0 Å². The molecule has 152 valence electrons. The maximum Gasteiger partial charge on any atom is 0.307 e. The highest BCUT2D eigenvalue weighted by Crippen LogP contribution is 2.22. The van der Waals surface area contributed by atoms with Crippen LogP contribution in [0.2, 0.25) is 0 Å². The number of carbonyl (C=O) groups excluding carboxylic acids is 1. The first-order chi connectivity index (χ1) is 14.5. The zero-order chi connectivity index (χ0) is 21.1. The highest BCUT2D eigenvalue weighted by Gasteiger charge is 2.17. The van der Waals surface area contributed by atoms with E-state index >= 15 is 0 Å². The van der Waals surface area contributed by atoms with Crippen LogP contribution in [0.25, 0.3) is 11.4 Å². The standard InChI is InChI=1S/C21H21N7O2/c1-13-4-6-15(7-5-13)11-22-19(29)20-25-16(12-30-20)18-14(2)10-23-21(27-18)26-17-8-9-24-28(17)3/h4-10,12H,11H2,1-3H3,(H,22,29)(H,23,26,27). The minimum atomic E-state index is -0.387. The summed E-state index contributed by atoms with van der Waals surface area (Å²) in [5.41, 5.74) is 4.02. The summed E-state index contributed by atoms with van der Waals surface area (Å²) in [7, 11) is 1.82. The van der Waals surface area contributed by atoms with Gasteiger partial charge in [-0.3, -0.25) is 9.48 Å². The number of hydrogen-bond donors (Lipinski definition) is 2. The molecular formula is C21H21N7O2. The number of benzene rings is 1. The van der Waals surface area contributed by atoms with Gasteiger partial charge in [-0.25, -0.2) is 15.0 Å². The second-order valence-corrected chi connectivity index (χ2v) is 6.90. The number of aromatic nitrogens is 5. The summed E-state index contributed by atoms with van der Waals surface area (Å²) < 4.78 is 7.07. The number of nitrogens with zero attached hydrogens (tertiary/aromatic N) is 5. The molecule has 30 heavy (non-hydrogen) atoms. The lowest BCUT2D eigenvalue weighted by Crippen LogP contribution is -2.23. The van der Waals surface area contributed by atoms with Crippen LogP contribution in [0.15, 0.2) is 53.4 Å². The van der Waals surface area contributed by atoms with Gasteiger partial charge in [0.2, 0.25) is 5.95 Å². The van der Waals surface area contributed by atoms with Crippen molar-refractivity contribution in [1.29, 1.82) is 0 Å². The van der Waals surface area contributed by atoms with E-state index in [2.05, 4.69) is 30.7 Å². The minimum Gasteiger partial charge on any atom is -0.440 e. The van der Waals surface area contributed by atoms with Gasteiger partial charge in [0.1, 0.15) is 23.5 Å². The number of aryl methyl sites for hydroxylation is 3. The number of carbonyl (C=O) groups is 1. The lowest BCUT2D eigenvalue weighted by molar-refractivity contribution is 0.0916. The largest absolute Gasteiger partial charge is 0.440 e. The number of oxazole rings is 1. The van der Waals surface area contributed by atoms with E-state index in [4.69, 9.17) is 4.42 Å². The zero-order valence-corrected chi connectivity index (χ0v) is 16.9. The lowest BCUT2D eigenvalue weighted by Gasteiger charge is -2.07. The maximum atomic E-state index is 12.4. The fraction of sp³-hybridized carbons (Fsp3) is 0.190. The van der Waals surface area contributed by atoms with Crippen LogP contribution in [0.1, 0.15) is 27.4 Å². The highest BCUT2D eigenvalue weighted by molar-refractivity contribution is 5.90. The predicted octanol–water partition coefficient (Wildman–Crippen LogP) is 3.16. The molecule has 0 bridgehead atoms. The normalized spacial score (nSPS) is 10.8. The average Bonchev–Trinajstić information content (AvgIpc) is 3.38.